The van der Waals surface area contributed by atoms with Gasteiger partial charge in [-0.3, -0.25) is 0 Å². The number of hydrogen-bond donors (Lipinski definition) is 1. The fraction of sp³-hybridized carbons (Fsp3) is 0.684. The van der Waals surface area contributed by atoms with Gasteiger partial charge in [0.1, 0.15) is 0 Å². The zero-order valence-corrected chi connectivity index (χ0v) is 22.1. The van der Waals surface area contributed by atoms with Crippen molar-refractivity contribution in [2.75, 3.05) is 0 Å². The Bertz CT molecular complexity index is 544. The molecule has 5 heteroatoms. The lowest BCUT2D eigenvalue weighted by Crippen LogP contribution is -2.75. The average molecular weight is 396 g/mol. The van der Waals surface area contributed by atoms with E-state index in [0.717, 1.165) is 0 Å². The lowest BCUT2D eigenvalue weighted by molar-refractivity contribution is 0.578. The lowest BCUT2D eigenvalue weighted by atomic mass is 10.1. The van der Waals surface area contributed by atoms with Gasteiger partial charge in [-0.1, -0.05) is 76.6 Å². The maximum atomic E-state index is 12.1. The van der Waals surface area contributed by atoms with Gasteiger partial charge in [0, 0.05) is 24.2 Å². The third-order valence-corrected chi connectivity index (χ3v) is 36.7. The van der Waals surface area contributed by atoms with Gasteiger partial charge in [0.25, 0.3) is 0 Å². The van der Waals surface area contributed by atoms with Crippen molar-refractivity contribution in [2.24, 2.45) is 0 Å². The van der Waals surface area contributed by atoms with E-state index in [9.17, 15) is 4.80 Å². The number of rotatable bonds is 5. The molecule has 1 nitrogen and oxygen atoms in total. The van der Waals surface area contributed by atoms with Gasteiger partial charge in [-0.25, -0.2) is 0 Å². The van der Waals surface area contributed by atoms with Crippen LogP contribution in [0, 0.1) is 20.8 Å². The van der Waals surface area contributed by atoms with Crippen molar-refractivity contribution in [3.05, 3.63) is 28.8 Å². The summed E-state index contributed by atoms with van der Waals surface area (Å²) in [5, 5.41) is 1.32. The largest absolute Gasteiger partial charge is 0.427 e. The van der Waals surface area contributed by atoms with Crippen LogP contribution in [0.15, 0.2) is 12.1 Å². The number of benzene rings is 1. The van der Waals surface area contributed by atoms with Gasteiger partial charge in [-0.05, 0) is 41.0 Å². The average Bonchev–Trinajstić information content (AvgIpc) is 2.20. The topological polar surface area (TPSA) is 20.2 Å². The monoisotopic (exact) mass is 395 g/mol. The van der Waals surface area contributed by atoms with E-state index in [0.29, 0.717) is 0 Å². The minimum absolute atomic E-state index is 0.225. The molecule has 1 aromatic carbocycles. The normalized spacial score (nSPS) is 14.4. The van der Waals surface area contributed by atoms with Crippen molar-refractivity contribution in [3.63, 3.8) is 0 Å². The Morgan fingerprint density at radius 1 is 0.708 bits per heavy atom. The van der Waals surface area contributed by atoms with Crippen LogP contribution in [0.5, 0.6) is 0 Å². The number of aryl methyl sites for hydroxylation is 3. The van der Waals surface area contributed by atoms with Crippen molar-refractivity contribution in [1.82, 2.24) is 0 Å². The molecular formula is C19H39OSi4. The van der Waals surface area contributed by atoms with E-state index in [2.05, 4.69) is 91.8 Å². The Balaban J connectivity index is 3.88. The standard InChI is InChI=1S/C19H39OSi4/c1-15-13-16(2)18(17(3)14-15)21(20)19(22(4,5)6,23(7,8)9)24(10,11)12/h13-14,20H,1-12H3. The smallest absolute Gasteiger partial charge is 0.241 e. The van der Waals surface area contributed by atoms with E-state index in [1.165, 1.54) is 21.9 Å². The van der Waals surface area contributed by atoms with Crippen LogP contribution in [0.1, 0.15) is 16.7 Å². The molecule has 137 valence electrons. The van der Waals surface area contributed by atoms with E-state index in [1.54, 1.807) is 0 Å². The van der Waals surface area contributed by atoms with Gasteiger partial charge in [-0.2, -0.15) is 0 Å². The van der Waals surface area contributed by atoms with Gasteiger partial charge in [0.2, 0.25) is 9.04 Å². The molecule has 0 unspecified atom stereocenters. The van der Waals surface area contributed by atoms with Crippen LogP contribution in [0.3, 0.4) is 0 Å². The zero-order chi connectivity index (χ0) is 19.3. The summed E-state index contributed by atoms with van der Waals surface area (Å²) < 4.78 is 0.225. The van der Waals surface area contributed by atoms with Crippen LogP contribution < -0.4 is 5.19 Å². The molecule has 0 aromatic heterocycles. The Kier molecular flexibility index (Phi) is 6.12. The maximum absolute atomic E-state index is 12.1. The first-order valence-corrected chi connectivity index (χ1v) is 21.1. The van der Waals surface area contributed by atoms with E-state index in [-0.39, 0.29) is 3.91 Å². The second-order valence-corrected chi connectivity index (χ2v) is 31.3. The lowest BCUT2D eigenvalue weighted by Gasteiger charge is -2.60. The summed E-state index contributed by atoms with van der Waals surface area (Å²) in [5.41, 5.74) is 3.93. The Morgan fingerprint density at radius 2 is 1.00 bits per heavy atom. The minimum Gasteiger partial charge on any atom is -0.427 e. The molecule has 0 aliphatic carbocycles. The second kappa shape index (κ2) is 6.65. The Hall–Kier alpha value is 0.0475. The van der Waals surface area contributed by atoms with Gasteiger partial charge in [0.15, 0.2) is 0 Å². The molecule has 0 aliphatic rings. The van der Waals surface area contributed by atoms with Gasteiger partial charge in [-0.15, -0.1) is 0 Å². The molecule has 0 amide bonds. The quantitative estimate of drug-likeness (QED) is 0.681. The molecule has 0 heterocycles. The predicted octanol–water partition coefficient (Wildman–Crippen LogP) is 5.18. The molecular weight excluding hydrogens is 357 g/mol. The first kappa shape index (κ1) is 22.1. The van der Waals surface area contributed by atoms with Crippen molar-refractivity contribution in [2.45, 2.75) is 83.6 Å². The molecule has 24 heavy (non-hydrogen) atoms. The highest BCUT2D eigenvalue weighted by Crippen LogP contribution is 2.55. The van der Waals surface area contributed by atoms with Crippen molar-refractivity contribution in [1.29, 1.82) is 0 Å². The van der Waals surface area contributed by atoms with E-state index in [4.69, 9.17) is 0 Å². The summed E-state index contributed by atoms with van der Waals surface area (Å²) in [6, 6.07) is 4.54. The molecule has 0 saturated carbocycles. The second-order valence-electron chi connectivity index (χ2n) is 10.6. The third-order valence-electron chi connectivity index (χ3n) is 5.64. The van der Waals surface area contributed by atoms with E-state index < -0.39 is 33.3 Å². The minimum atomic E-state index is -1.63. The Morgan fingerprint density at radius 3 is 1.25 bits per heavy atom. The third kappa shape index (κ3) is 3.47. The molecule has 0 saturated heterocycles. The molecule has 0 bridgehead atoms. The predicted molar refractivity (Wildman–Crippen MR) is 121 cm³/mol. The molecule has 0 atom stereocenters. The molecule has 1 N–H and O–H groups in total. The molecule has 0 spiro atoms. The fourth-order valence-corrected chi connectivity index (χ4v) is 44.1. The van der Waals surface area contributed by atoms with Crippen LogP contribution in [0.4, 0.5) is 0 Å². The number of hydrogen-bond acceptors (Lipinski definition) is 1. The maximum Gasteiger partial charge on any atom is 0.241 e. The Labute approximate surface area is 155 Å². The summed E-state index contributed by atoms with van der Waals surface area (Å²) in [7, 11) is -6.41. The van der Waals surface area contributed by atoms with Gasteiger partial charge < -0.3 is 4.80 Å². The fourth-order valence-electron chi connectivity index (χ4n) is 6.18. The molecule has 1 rings (SSSR count). The van der Waals surface area contributed by atoms with Crippen LogP contribution in [0.25, 0.3) is 0 Å². The highest BCUT2D eigenvalue weighted by Gasteiger charge is 2.65. The SMILES string of the molecule is Cc1cc(C)c([Si](O)C([Si](C)(C)C)([Si](C)(C)C)[Si](C)(C)C)c(C)c1. The van der Waals surface area contributed by atoms with Crippen molar-refractivity contribution >= 4 is 38.4 Å². The van der Waals surface area contributed by atoms with Crippen LogP contribution >= 0.6 is 0 Å². The summed E-state index contributed by atoms with van der Waals surface area (Å²) in [4.78, 5) is 12.1. The molecule has 1 radical (unpaired) electrons. The molecule has 1 aromatic rings. The summed E-state index contributed by atoms with van der Waals surface area (Å²) in [6.07, 6.45) is 0. The van der Waals surface area contributed by atoms with Crippen LogP contribution in [-0.2, 0) is 0 Å². The summed E-state index contributed by atoms with van der Waals surface area (Å²) in [5.74, 6) is 0. The van der Waals surface area contributed by atoms with Crippen molar-refractivity contribution < 1.29 is 4.80 Å². The van der Waals surface area contributed by atoms with Gasteiger partial charge in [0.05, 0.1) is 0 Å². The van der Waals surface area contributed by atoms with Gasteiger partial charge >= 0.3 is 0 Å². The highest BCUT2D eigenvalue weighted by molar-refractivity contribution is 7.26. The first-order chi connectivity index (χ1) is 10.5. The zero-order valence-electron chi connectivity index (χ0n) is 18.1. The highest BCUT2D eigenvalue weighted by atomic mass is 28.5. The summed E-state index contributed by atoms with van der Waals surface area (Å²) >= 11 is 0. The molecule has 0 fully saturated rings. The van der Waals surface area contributed by atoms with Crippen molar-refractivity contribution in [3.8, 4) is 0 Å². The van der Waals surface area contributed by atoms with Crippen LogP contribution in [-0.4, -0.2) is 38.1 Å². The molecule has 0 aliphatic heterocycles. The summed E-state index contributed by atoms with van der Waals surface area (Å²) in [6.45, 7) is 29.2. The van der Waals surface area contributed by atoms with E-state index >= 15 is 0 Å². The van der Waals surface area contributed by atoms with E-state index in [1.807, 2.05) is 0 Å². The first-order valence-electron chi connectivity index (χ1n) is 9.13. The van der Waals surface area contributed by atoms with Crippen LogP contribution in [0.2, 0.25) is 62.8 Å².